The number of methoxy groups -OCH3 is 1. The van der Waals surface area contributed by atoms with E-state index in [2.05, 4.69) is 0 Å². The Bertz CT molecular complexity index is 908. The van der Waals surface area contributed by atoms with E-state index in [1.54, 1.807) is 37.1 Å². The van der Waals surface area contributed by atoms with Gasteiger partial charge in [0.05, 0.1) is 24.7 Å². The Morgan fingerprint density at radius 2 is 1.81 bits per heavy atom. The molecule has 1 amide bonds. The van der Waals surface area contributed by atoms with Crippen molar-refractivity contribution in [2.24, 2.45) is 0 Å². The molecular formula is C20H23NO5S. The van der Waals surface area contributed by atoms with Crippen molar-refractivity contribution in [3.05, 3.63) is 59.7 Å². The van der Waals surface area contributed by atoms with Crippen LogP contribution in [0, 0.1) is 6.92 Å². The molecule has 2 aromatic carbocycles. The first-order valence-electron chi connectivity index (χ1n) is 8.78. The summed E-state index contributed by atoms with van der Waals surface area (Å²) in [5.74, 6) is 0.753. The van der Waals surface area contributed by atoms with Crippen molar-refractivity contribution in [1.82, 2.24) is 4.90 Å². The molecule has 1 aliphatic rings. The van der Waals surface area contributed by atoms with Gasteiger partial charge in [0, 0.05) is 13.0 Å². The summed E-state index contributed by atoms with van der Waals surface area (Å²) < 4.78 is 35.4. The third-order valence-corrected chi connectivity index (χ3v) is 6.19. The molecule has 6 nitrogen and oxygen atoms in total. The number of benzene rings is 2. The van der Waals surface area contributed by atoms with E-state index >= 15 is 0 Å². The molecule has 0 aliphatic carbocycles. The molecule has 0 radical (unpaired) electrons. The van der Waals surface area contributed by atoms with Gasteiger partial charge in [-0.3, -0.25) is 8.98 Å². The standard InChI is InChI=1S/C20H23NO5S/c1-15-5-3-4-6-19(15)27(23,24)26-14-17-9-12-20(22)21(17)13-16-7-10-18(25-2)11-8-16/h3-8,10-11,17H,9,12-14H2,1-2H3. The second-order valence-corrected chi connectivity index (χ2v) is 8.15. The van der Waals surface area contributed by atoms with Gasteiger partial charge in [0.15, 0.2) is 0 Å². The number of amides is 1. The van der Waals surface area contributed by atoms with Crippen LogP contribution in [0.15, 0.2) is 53.4 Å². The summed E-state index contributed by atoms with van der Waals surface area (Å²) >= 11 is 0. The minimum Gasteiger partial charge on any atom is -0.497 e. The summed E-state index contributed by atoms with van der Waals surface area (Å²) in [4.78, 5) is 14.1. The fraction of sp³-hybridized carbons (Fsp3) is 0.350. The third-order valence-electron chi connectivity index (χ3n) is 4.74. The lowest BCUT2D eigenvalue weighted by molar-refractivity contribution is -0.129. The maximum Gasteiger partial charge on any atom is 0.297 e. The number of carbonyl (C=O) groups excluding carboxylic acids is 1. The molecule has 3 rings (SSSR count). The summed E-state index contributed by atoms with van der Waals surface area (Å²) in [5, 5.41) is 0. The normalized spacial score (nSPS) is 17.3. The lowest BCUT2D eigenvalue weighted by Gasteiger charge is -2.24. The van der Waals surface area contributed by atoms with E-state index in [9.17, 15) is 13.2 Å². The second-order valence-electron chi connectivity index (χ2n) is 6.57. The predicted molar refractivity (Wildman–Crippen MR) is 101 cm³/mol. The predicted octanol–water partition coefficient (Wildman–Crippen LogP) is 2.90. The van der Waals surface area contributed by atoms with E-state index in [0.717, 1.165) is 11.3 Å². The van der Waals surface area contributed by atoms with Crippen molar-refractivity contribution in [1.29, 1.82) is 0 Å². The fourth-order valence-electron chi connectivity index (χ4n) is 3.18. The molecular weight excluding hydrogens is 366 g/mol. The molecule has 1 atom stereocenters. The molecule has 1 fully saturated rings. The molecule has 27 heavy (non-hydrogen) atoms. The smallest absolute Gasteiger partial charge is 0.297 e. The zero-order chi connectivity index (χ0) is 19.4. The highest BCUT2D eigenvalue weighted by Gasteiger charge is 2.32. The summed E-state index contributed by atoms with van der Waals surface area (Å²) in [6, 6.07) is 13.9. The van der Waals surface area contributed by atoms with E-state index in [1.165, 1.54) is 6.07 Å². The molecule has 0 spiro atoms. The van der Waals surface area contributed by atoms with E-state index in [1.807, 2.05) is 24.3 Å². The molecule has 1 aliphatic heterocycles. The van der Waals surface area contributed by atoms with Crippen molar-refractivity contribution in [2.45, 2.75) is 37.2 Å². The molecule has 0 N–H and O–H groups in total. The van der Waals surface area contributed by atoms with Crippen LogP contribution in [0.5, 0.6) is 5.75 Å². The molecule has 0 aromatic heterocycles. The number of rotatable bonds is 7. The van der Waals surface area contributed by atoms with Crippen molar-refractivity contribution in [3.63, 3.8) is 0 Å². The second kappa shape index (κ2) is 8.10. The van der Waals surface area contributed by atoms with Crippen LogP contribution in [-0.2, 0) is 25.6 Å². The van der Waals surface area contributed by atoms with Crippen molar-refractivity contribution in [3.8, 4) is 5.75 Å². The van der Waals surface area contributed by atoms with Crippen LogP contribution >= 0.6 is 0 Å². The van der Waals surface area contributed by atoms with Gasteiger partial charge in [0.25, 0.3) is 10.1 Å². The van der Waals surface area contributed by atoms with Gasteiger partial charge < -0.3 is 9.64 Å². The topological polar surface area (TPSA) is 72.9 Å². The van der Waals surface area contributed by atoms with E-state index in [0.29, 0.717) is 24.9 Å². The van der Waals surface area contributed by atoms with Crippen LogP contribution in [0.25, 0.3) is 0 Å². The summed E-state index contributed by atoms with van der Waals surface area (Å²) in [7, 11) is -2.26. The van der Waals surface area contributed by atoms with Gasteiger partial charge in [-0.2, -0.15) is 8.42 Å². The van der Waals surface area contributed by atoms with Crippen LogP contribution < -0.4 is 4.74 Å². The fourth-order valence-corrected chi connectivity index (χ4v) is 4.35. The van der Waals surface area contributed by atoms with Crippen LogP contribution in [0.1, 0.15) is 24.0 Å². The zero-order valence-electron chi connectivity index (χ0n) is 15.4. The number of hydrogen-bond donors (Lipinski definition) is 0. The quantitative estimate of drug-likeness (QED) is 0.681. The summed E-state index contributed by atoms with van der Waals surface area (Å²) in [6.07, 6.45) is 0.979. The maximum atomic E-state index is 12.5. The average Bonchev–Trinajstić information content (AvgIpc) is 3.01. The molecule has 0 bridgehead atoms. The van der Waals surface area contributed by atoms with Gasteiger partial charge in [-0.05, 0) is 42.7 Å². The highest BCUT2D eigenvalue weighted by molar-refractivity contribution is 7.86. The Morgan fingerprint density at radius 1 is 1.11 bits per heavy atom. The molecule has 1 unspecified atom stereocenters. The van der Waals surface area contributed by atoms with Gasteiger partial charge in [-0.25, -0.2) is 0 Å². The summed E-state index contributed by atoms with van der Waals surface area (Å²) in [6.45, 7) is 2.10. The first-order chi connectivity index (χ1) is 12.9. The molecule has 144 valence electrons. The van der Waals surface area contributed by atoms with Crippen LogP contribution in [0.2, 0.25) is 0 Å². The van der Waals surface area contributed by atoms with Gasteiger partial charge in [-0.15, -0.1) is 0 Å². The van der Waals surface area contributed by atoms with Gasteiger partial charge in [0.2, 0.25) is 5.91 Å². The monoisotopic (exact) mass is 389 g/mol. The number of carbonyl (C=O) groups is 1. The largest absolute Gasteiger partial charge is 0.497 e. The van der Waals surface area contributed by atoms with Gasteiger partial charge in [-0.1, -0.05) is 30.3 Å². The maximum absolute atomic E-state index is 12.5. The van der Waals surface area contributed by atoms with Crippen LogP contribution in [0.4, 0.5) is 0 Å². The molecule has 2 aromatic rings. The zero-order valence-corrected chi connectivity index (χ0v) is 16.2. The minimum absolute atomic E-state index is 0.00714. The first kappa shape index (κ1) is 19.4. The Balaban J connectivity index is 1.68. The molecule has 7 heteroatoms. The average molecular weight is 389 g/mol. The van der Waals surface area contributed by atoms with Gasteiger partial charge in [0.1, 0.15) is 5.75 Å². The number of ether oxygens (including phenoxy) is 1. The van der Waals surface area contributed by atoms with Crippen molar-refractivity contribution in [2.75, 3.05) is 13.7 Å². The lowest BCUT2D eigenvalue weighted by atomic mass is 10.2. The van der Waals surface area contributed by atoms with E-state index in [-0.39, 0.29) is 23.5 Å². The highest BCUT2D eigenvalue weighted by Crippen LogP contribution is 2.25. The third kappa shape index (κ3) is 4.48. The van der Waals surface area contributed by atoms with Crippen molar-refractivity contribution >= 4 is 16.0 Å². The lowest BCUT2D eigenvalue weighted by Crippen LogP contribution is -2.36. The number of aryl methyl sites for hydroxylation is 1. The Morgan fingerprint density at radius 3 is 2.48 bits per heavy atom. The molecule has 1 heterocycles. The van der Waals surface area contributed by atoms with Crippen molar-refractivity contribution < 1.29 is 22.1 Å². The number of hydrogen-bond acceptors (Lipinski definition) is 5. The number of nitrogens with zero attached hydrogens (tertiary/aromatic N) is 1. The Labute approximate surface area is 159 Å². The summed E-state index contributed by atoms with van der Waals surface area (Å²) in [5.41, 5.74) is 1.59. The van der Waals surface area contributed by atoms with Crippen LogP contribution in [0.3, 0.4) is 0 Å². The SMILES string of the molecule is COc1ccc(CN2C(=O)CCC2COS(=O)(=O)c2ccccc2C)cc1. The van der Waals surface area contributed by atoms with E-state index in [4.69, 9.17) is 8.92 Å². The van der Waals surface area contributed by atoms with Gasteiger partial charge >= 0.3 is 0 Å². The Kier molecular flexibility index (Phi) is 5.82. The molecule has 1 saturated heterocycles. The first-order valence-corrected chi connectivity index (χ1v) is 10.2. The molecule has 0 saturated carbocycles. The number of likely N-dealkylation sites (tertiary alicyclic amines) is 1. The highest BCUT2D eigenvalue weighted by atomic mass is 32.2. The van der Waals surface area contributed by atoms with E-state index < -0.39 is 10.1 Å². The van der Waals surface area contributed by atoms with Crippen LogP contribution in [-0.4, -0.2) is 39.0 Å². The Hall–Kier alpha value is -2.38. The minimum atomic E-state index is -3.86.